The van der Waals surface area contributed by atoms with Gasteiger partial charge in [-0.15, -0.1) is 0 Å². The van der Waals surface area contributed by atoms with Crippen molar-refractivity contribution in [2.75, 3.05) is 18.1 Å². The quantitative estimate of drug-likeness (QED) is 0.685. The summed E-state index contributed by atoms with van der Waals surface area (Å²) in [5.41, 5.74) is 3.81. The van der Waals surface area contributed by atoms with E-state index in [1.165, 1.54) is 21.9 Å². The van der Waals surface area contributed by atoms with Crippen LogP contribution in [-0.4, -0.2) is 24.0 Å². The van der Waals surface area contributed by atoms with Gasteiger partial charge in [0.05, 0.1) is 12.0 Å². The van der Waals surface area contributed by atoms with Crippen molar-refractivity contribution in [1.29, 1.82) is 0 Å². The van der Waals surface area contributed by atoms with Crippen LogP contribution in [0, 0.1) is 6.92 Å². The monoisotopic (exact) mass is 371 g/mol. The van der Waals surface area contributed by atoms with Crippen molar-refractivity contribution in [2.45, 2.75) is 31.9 Å². The molecule has 2 aliphatic heterocycles. The number of β-amino-alcohol motifs (C(OH)–C–C–N with tert-alkyl or cyclic N) is 1. The van der Waals surface area contributed by atoms with Gasteiger partial charge in [0.15, 0.2) is 0 Å². The number of benzene rings is 3. The Kier molecular flexibility index (Phi) is 3.62. The molecule has 1 atom stereocenters. The van der Waals surface area contributed by atoms with Gasteiger partial charge in [-0.3, -0.25) is 0 Å². The second kappa shape index (κ2) is 5.86. The summed E-state index contributed by atoms with van der Waals surface area (Å²) < 4.78 is 6.82. The zero-order chi connectivity index (χ0) is 19.5. The number of hydrogen-bond donors (Lipinski definition) is 1. The molecule has 2 heterocycles. The summed E-state index contributed by atoms with van der Waals surface area (Å²) in [6.07, 6.45) is 4.39. The number of aliphatic hydroxyl groups excluding tert-OH is 1. The Hall–Kier alpha value is -2.78. The Morgan fingerprint density at radius 3 is 2.68 bits per heavy atom. The van der Waals surface area contributed by atoms with Crippen LogP contribution in [0.15, 0.2) is 60.7 Å². The van der Waals surface area contributed by atoms with Gasteiger partial charge >= 0.3 is 0 Å². The maximum absolute atomic E-state index is 9.81. The number of aryl methyl sites for hydroxylation is 1. The summed E-state index contributed by atoms with van der Waals surface area (Å²) in [5.74, 6) is 0.891. The average Bonchev–Trinajstić information content (AvgIpc) is 2.86. The van der Waals surface area contributed by atoms with E-state index in [4.69, 9.17) is 4.74 Å². The van der Waals surface area contributed by atoms with Crippen molar-refractivity contribution < 1.29 is 9.84 Å². The van der Waals surface area contributed by atoms with E-state index in [1.54, 1.807) is 0 Å². The predicted molar refractivity (Wildman–Crippen MR) is 115 cm³/mol. The molecule has 1 N–H and O–H groups in total. The molecule has 3 heteroatoms. The molecule has 1 unspecified atom stereocenters. The number of rotatable bonds is 2. The van der Waals surface area contributed by atoms with Crippen molar-refractivity contribution >= 4 is 22.5 Å². The van der Waals surface area contributed by atoms with Gasteiger partial charge in [0.2, 0.25) is 5.72 Å². The largest absolute Gasteiger partial charge is 0.463 e. The van der Waals surface area contributed by atoms with Gasteiger partial charge in [0.25, 0.3) is 0 Å². The number of aliphatic hydroxyl groups is 1. The predicted octanol–water partition coefficient (Wildman–Crippen LogP) is 5.04. The van der Waals surface area contributed by atoms with Crippen molar-refractivity contribution in [3.63, 3.8) is 0 Å². The average molecular weight is 371 g/mol. The summed E-state index contributed by atoms with van der Waals surface area (Å²) in [7, 11) is 0. The summed E-state index contributed by atoms with van der Waals surface area (Å²) in [6, 6.07) is 19.1. The molecule has 3 aromatic rings. The number of fused-ring (bicyclic) bond motifs is 4. The van der Waals surface area contributed by atoms with E-state index in [0.29, 0.717) is 6.54 Å². The first-order chi connectivity index (χ1) is 13.5. The third kappa shape index (κ3) is 2.14. The molecule has 0 amide bonds. The Morgan fingerprint density at radius 1 is 1.04 bits per heavy atom. The second-order valence-corrected chi connectivity index (χ2v) is 8.35. The Bertz CT molecular complexity index is 1110. The maximum atomic E-state index is 9.81. The molecule has 1 spiro atoms. The van der Waals surface area contributed by atoms with E-state index in [-0.39, 0.29) is 12.0 Å². The minimum absolute atomic E-state index is 0.0763. The van der Waals surface area contributed by atoms with Crippen LogP contribution >= 0.6 is 0 Å². The summed E-state index contributed by atoms with van der Waals surface area (Å²) >= 11 is 0. The first-order valence-corrected chi connectivity index (χ1v) is 9.87. The maximum Gasteiger partial charge on any atom is 0.212 e. The number of hydrogen-bond acceptors (Lipinski definition) is 3. The SMILES string of the molecule is Cc1ccc2c(c1)C(C)(C)C1(C=Cc3c(ccc4ccccc34)O1)N2CCO. The number of ether oxygens (including phenoxy) is 1. The molecule has 0 saturated carbocycles. The molecule has 0 fully saturated rings. The van der Waals surface area contributed by atoms with Crippen LogP contribution in [-0.2, 0) is 5.41 Å². The highest BCUT2D eigenvalue weighted by Crippen LogP contribution is 2.55. The summed E-state index contributed by atoms with van der Waals surface area (Å²) in [6.45, 7) is 7.19. The first kappa shape index (κ1) is 17.3. The van der Waals surface area contributed by atoms with Crippen LogP contribution in [0.2, 0.25) is 0 Å². The van der Waals surface area contributed by atoms with E-state index < -0.39 is 5.72 Å². The van der Waals surface area contributed by atoms with E-state index in [1.807, 2.05) is 0 Å². The number of nitrogens with zero attached hydrogens (tertiary/aromatic N) is 1. The molecule has 0 aromatic heterocycles. The Labute approximate surface area is 165 Å². The molecule has 142 valence electrons. The molecule has 0 saturated heterocycles. The van der Waals surface area contributed by atoms with Crippen LogP contribution in [0.5, 0.6) is 5.75 Å². The topological polar surface area (TPSA) is 32.7 Å². The second-order valence-electron chi connectivity index (χ2n) is 8.35. The normalized spacial score (nSPS) is 21.6. The summed E-state index contributed by atoms with van der Waals surface area (Å²) in [5, 5.41) is 12.2. The van der Waals surface area contributed by atoms with Gasteiger partial charge in [0, 0.05) is 17.8 Å². The van der Waals surface area contributed by atoms with E-state index in [0.717, 1.165) is 17.0 Å². The zero-order valence-electron chi connectivity index (χ0n) is 16.6. The Balaban J connectivity index is 1.72. The fourth-order valence-electron chi connectivity index (χ4n) is 4.90. The van der Waals surface area contributed by atoms with E-state index in [2.05, 4.69) is 92.4 Å². The molecular weight excluding hydrogens is 346 g/mol. The van der Waals surface area contributed by atoms with Gasteiger partial charge in [0.1, 0.15) is 5.75 Å². The minimum Gasteiger partial charge on any atom is -0.463 e. The zero-order valence-corrected chi connectivity index (χ0v) is 16.6. The minimum atomic E-state index is -0.665. The lowest BCUT2D eigenvalue weighted by Gasteiger charge is -2.47. The van der Waals surface area contributed by atoms with Crippen molar-refractivity contribution in [2.24, 2.45) is 0 Å². The van der Waals surface area contributed by atoms with Gasteiger partial charge < -0.3 is 14.7 Å². The van der Waals surface area contributed by atoms with Crippen LogP contribution < -0.4 is 9.64 Å². The fraction of sp³-hybridized carbons (Fsp3) is 0.280. The highest BCUT2D eigenvalue weighted by atomic mass is 16.5. The molecular formula is C25H25NO2. The third-order valence-corrected chi connectivity index (χ3v) is 6.41. The van der Waals surface area contributed by atoms with Crippen molar-refractivity contribution in [1.82, 2.24) is 0 Å². The van der Waals surface area contributed by atoms with Crippen LogP contribution in [0.1, 0.15) is 30.5 Å². The van der Waals surface area contributed by atoms with Crippen LogP contribution in [0.4, 0.5) is 5.69 Å². The standard InChI is InChI=1S/C25H25NO2/c1-17-8-10-22-21(16-17)24(2,3)25(26(22)14-15-27)13-12-20-19-7-5-4-6-18(19)9-11-23(20)28-25/h4-13,16,27H,14-15H2,1-3H3. The molecule has 0 aliphatic carbocycles. The fourth-order valence-corrected chi connectivity index (χ4v) is 4.90. The molecule has 2 aliphatic rings. The molecule has 5 rings (SSSR count). The van der Waals surface area contributed by atoms with Crippen LogP contribution in [0.25, 0.3) is 16.8 Å². The molecule has 0 radical (unpaired) electrons. The summed E-state index contributed by atoms with van der Waals surface area (Å²) in [4.78, 5) is 2.22. The third-order valence-electron chi connectivity index (χ3n) is 6.41. The van der Waals surface area contributed by atoms with Gasteiger partial charge in [-0.2, -0.15) is 0 Å². The molecule has 3 aromatic carbocycles. The molecule has 28 heavy (non-hydrogen) atoms. The van der Waals surface area contributed by atoms with E-state index >= 15 is 0 Å². The Morgan fingerprint density at radius 2 is 1.86 bits per heavy atom. The van der Waals surface area contributed by atoms with Gasteiger partial charge in [-0.25, -0.2) is 0 Å². The molecule has 3 nitrogen and oxygen atoms in total. The van der Waals surface area contributed by atoms with Crippen LogP contribution in [0.3, 0.4) is 0 Å². The molecule has 0 bridgehead atoms. The lowest BCUT2D eigenvalue weighted by Crippen LogP contribution is -2.60. The highest BCUT2D eigenvalue weighted by Gasteiger charge is 2.58. The van der Waals surface area contributed by atoms with Crippen molar-refractivity contribution in [3.8, 4) is 5.75 Å². The van der Waals surface area contributed by atoms with E-state index in [9.17, 15) is 5.11 Å². The van der Waals surface area contributed by atoms with Gasteiger partial charge in [-0.1, -0.05) is 48.0 Å². The number of anilines is 1. The highest BCUT2D eigenvalue weighted by molar-refractivity contribution is 5.94. The van der Waals surface area contributed by atoms with Crippen molar-refractivity contribution in [3.05, 3.63) is 77.4 Å². The van der Waals surface area contributed by atoms with Gasteiger partial charge in [-0.05, 0) is 61.4 Å². The first-order valence-electron chi connectivity index (χ1n) is 9.87. The lowest BCUT2D eigenvalue weighted by atomic mass is 9.76. The lowest BCUT2D eigenvalue weighted by molar-refractivity contribution is 0.0506. The smallest absolute Gasteiger partial charge is 0.212 e.